The van der Waals surface area contributed by atoms with Crippen LogP contribution in [0.1, 0.15) is 56.0 Å². The van der Waals surface area contributed by atoms with Crippen molar-refractivity contribution < 1.29 is 69.7 Å². The van der Waals surface area contributed by atoms with E-state index in [-0.39, 0.29) is 17.4 Å². The van der Waals surface area contributed by atoms with Crippen LogP contribution in [0.4, 0.5) is 32.0 Å². The molecule has 18 heteroatoms. The summed E-state index contributed by atoms with van der Waals surface area (Å²) in [4.78, 5) is 75.3. The molecule has 0 bridgehead atoms. The number of anilines is 1. The van der Waals surface area contributed by atoms with Gasteiger partial charge in [-0.05, 0) is 60.7 Å². The van der Waals surface area contributed by atoms with Crippen LogP contribution in [0.2, 0.25) is 0 Å². The first-order chi connectivity index (χ1) is 22.8. The third-order valence-corrected chi connectivity index (χ3v) is 6.33. The van der Waals surface area contributed by atoms with Gasteiger partial charge in [-0.1, -0.05) is 26.0 Å². The summed E-state index contributed by atoms with van der Waals surface area (Å²) in [6, 6.07) is 10.2. The molecule has 0 aliphatic heterocycles. The van der Waals surface area contributed by atoms with Crippen molar-refractivity contribution in [2.24, 2.45) is 5.92 Å². The summed E-state index contributed by atoms with van der Waals surface area (Å²) >= 11 is 0. The van der Waals surface area contributed by atoms with E-state index in [9.17, 15) is 60.2 Å². The number of alkyl halides is 6. The topological polar surface area (TPSA) is 177 Å². The Morgan fingerprint density at radius 1 is 0.633 bits per heavy atom. The molecule has 0 spiro atoms. The van der Waals surface area contributed by atoms with Gasteiger partial charge >= 0.3 is 30.3 Å². The maximum absolute atomic E-state index is 13.2. The van der Waals surface area contributed by atoms with Crippen molar-refractivity contribution in [3.63, 3.8) is 0 Å². The number of nitrogens with one attached hydrogen (secondary N) is 3. The van der Waals surface area contributed by atoms with Crippen LogP contribution in [-0.2, 0) is 36.2 Å². The lowest BCUT2D eigenvalue weighted by atomic mass is 10.1. The lowest BCUT2D eigenvalue weighted by Gasteiger charge is -2.24. The average Bonchev–Trinajstić information content (AvgIpc) is 3.04. The van der Waals surface area contributed by atoms with Crippen LogP contribution in [0.15, 0.2) is 72.8 Å². The number of benzene rings is 3. The normalized spacial score (nSPS) is 12.7. The number of carbonyl (C=O) groups excluding carboxylic acids is 5. The van der Waals surface area contributed by atoms with E-state index in [1.54, 1.807) is 19.3 Å². The zero-order chi connectivity index (χ0) is 36.7. The summed E-state index contributed by atoms with van der Waals surface area (Å²) in [5, 5.41) is 12.4. The van der Waals surface area contributed by atoms with Gasteiger partial charge in [0.25, 0.3) is 11.8 Å². The number of aliphatic carboxylic acids is 1. The second kappa shape index (κ2) is 15.3. The number of rotatable bonds is 10. The molecule has 260 valence electrons. The molecule has 0 saturated carbocycles. The second-order valence-corrected chi connectivity index (χ2v) is 10.3. The summed E-state index contributed by atoms with van der Waals surface area (Å²) in [5.74, 6) is -9.00. The van der Waals surface area contributed by atoms with Gasteiger partial charge in [0.05, 0.1) is 22.3 Å². The van der Waals surface area contributed by atoms with Crippen molar-refractivity contribution in [1.29, 1.82) is 0 Å². The lowest BCUT2D eigenvalue weighted by Crippen LogP contribution is -2.54. The van der Waals surface area contributed by atoms with Crippen LogP contribution in [0.5, 0.6) is 0 Å². The second-order valence-electron chi connectivity index (χ2n) is 10.3. The fourth-order valence-electron chi connectivity index (χ4n) is 3.76. The number of carbonyl (C=O) groups is 6. The van der Waals surface area contributed by atoms with Crippen LogP contribution in [0.25, 0.3) is 0 Å². The third-order valence-electron chi connectivity index (χ3n) is 6.33. The molecule has 12 nitrogen and oxygen atoms in total. The Morgan fingerprint density at radius 3 is 1.53 bits per heavy atom. The quantitative estimate of drug-likeness (QED) is 0.134. The molecular formula is C31H25F6N3O9. The lowest BCUT2D eigenvalue weighted by molar-refractivity contribution is -0.159. The number of carboxylic acids is 1. The van der Waals surface area contributed by atoms with Crippen molar-refractivity contribution in [3.8, 4) is 0 Å². The van der Waals surface area contributed by atoms with Gasteiger partial charge in [0.1, 0.15) is 0 Å². The van der Waals surface area contributed by atoms with E-state index in [1.165, 1.54) is 24.3 Å². The van der Waals surface area contributed by atoms with E-state index in [0.717, 1.165) is 24.3 Å². The molecule has 0 saturated heterocycles. The minimum Gasteiger partial charge on any atom is -0.478 e. The Labute approximate surface area is 272 Å². The molecule has 49 heavy (non-hydrogen) atoms. The summed E-state index contributed by atoms with van der Waals surface area (Å²) in [5.41, 5.74) is -0.482. The van der Waals surface area contributed by atoms with Crippen LogP contribution < -0.4 is 16.2 Å². The monoisotopic (exact) mass is 697 g/mol. The molecule has 3 amide bonds. The first-order valence-corrected chi connectivity index (χ1v) is 13.8. The molecule has 3 aromatic rings. The number of hydrazine groups is 1. The molecule has 0 radical (unpaired) electrons. The Balaban J connectivity index is 1.88. The molecule has 0 aliphatic rings. The number of ether oxygens (including phenoxy) is 2. The van der Waals surface area contributed by atoms with Gasteiger partial charge in [-0.25, -0.2) is 14.4 Å². The van der Waals surface area contributed by atoms with E-state index in [1.807, 2.05) is 5.43 Å². The van der Waals surface area contributed by atoms with Crippen molar-refractivity contribution in [2.75, 3.05) is 5.32 Å². The highest BCUT2D eigenvalue weighted by Gasteiger charge is 2.42. The number of hydrogen-bond donors (Lipinski definition) is 4. The SMILES string of the molecule is CC(C)C(=O)Nc1ccc(C(=O)NNC(=O)[C@@H](OC(=O)c2cccc(C(F)(F)F)c2)[C@@H](OC(=O)c2cccc(C(F)(F)F)c2)C(=O)O)cc1. The maximum Gasteiger partial charge on any atom is 0.416 e. The van der Waals surface area contributed by atoms with Gasteiger partial charge in [0, 0.05) is 17.2 Å². The summed E-state index contributed by atoms with van der Waals surface area (Å²) < 4.78 is 88.7. The largest absolute Gasteiger partial charge is 0.478 e. The van der Waals surface area contributed by atoms with Crippen molar-refractivity contribution in [1.82, 2.24) is 10.9 Å². The van der Waals surface area contributed by atoms with E-state index >= 15 is 0 Å². The Morgan fingerprint density at radius 2 is 1.10 bits per heavy atom. The minimum atomic E-state index is -4.93. The minimum absolute atomic E-state index is 0.119. The first-order valence-electron chi connectivity index (χ1n) is 13.8. The van der Waals surface area contributed by atoms with E-state index in [2.05, 4.69) is 5.32 Å². The average molecular weight is 698 g/mol. The van der Waals surface area contributed by atoms with Crippen molar-refractivity contribution in [2.45, 2.75) is 38.4 Å². The highest BCUT2D eigenvalue weighted by Crippen LogP contribution is 2.31. The van der Waals surface area contributed by atoms with Crippen LogP contribution in [0.3, 0.4) is 0 Å². The highest BCUT2D eigenvalue weighted by molar-refractivity contribution is 5.99. The summed E-state index contributed by atoms with van der Waals surface area (Å²) in [7, 11) is 0. The van der Waals surface area contributed by atoms with E-state index in [4.69, 9.17) is 9.47 Å². The molecule has 3 aromatic carbocycles. The summed E-state index contributed by atoms with van der Waals surface area (Å²) in [6.45, 7) is 3.29. The van der Waals surface area contributed by atoms with Gasteiger partial charge < -0.3 is 19.9 Å². The standard InChI is InChI=1S/C31H25F6N3O9/c1-15(2)24(41)38-21-11-9-16(10-12-21)25(42)39-40-26(43)22(48-28(46)17-5-3-7-19(13-17)30(32,33)34)23(27(44)45)49-29(47)18-6-4-8-20(14-18)31(35,36)37/h3-15,22-23H,1-2H3,(H,38,41)(H,39,42)(H,40,43)(H,44,45)/t22-,23+/m0/s1. The third kappa shape index (κ3) is 10.3. The number of halogens is 6. The fourth-order valence-corrected chi connectivity index (χ4v) is 3.76. The zero-order valence-corrected chi connectivity index (χ0v) is 25.1. The summed E-state index contributed by atoms with van der Waals surface area (Å²) in [6.07, 6.45) is -15.4. The first kappa shape index (κ1) is 37.5. The van der Waals surface area contributed by atoms with E-state index < -0.39 is 76.5 Å². The number of hydrogen-bond acceptors (Lipinski definition) is 8. The van der Waals surface area contributed by atoms with Crippen molar-refractivity contribution in [3.05, 3.63) is 101 Å². The van der Waals surface area contributed by atoms with Gasteiger partial charge in [0.2, 0.25) is 18.1 Å². The van der Waals surface area contributed by atoms with Crippen molar-refractivity contribution >= 4 is 41.3 Å². The molecule has 2 atom stereocenters. The van der Waals surface area contributed by atoms with Crippen LogP contribution in [-0.4, -0.2) is 52.9 Å². The molecule has 3 rings (SSSR count). The Kier molecular flexibility index (Phi) is 11.7. The molecule has 0 aromatic heterocycles. The van der Waals surface area contributed by atoms with E-state index in [0.29, 0.717) is 30.0 Å². The Bertz CT molecular complexity index is 1740. The van der Waals surface area contributed by atoms with Gasteiger partial charge in [0.15, 0.2) is 0 Å². The number of carboxylic acid groups (broad SMARTS) is 1. The number of amides is 3. The maximum atomic E-state index is 13.2. The predicted octanol–water partition coefficient (Wildman–Crippen LogP) is 4.62. The Hall–Kier alpha value is -5.94. The fraction of sp³-hybridized carbons (Fsp3) is 0.226. The van der Waals surface area contributed by atoms with Gasteiger partial charge in [-0.3, -0.25) is 25.2 Å². The molecule has 4 N–H and O–H groups in total. The molecular weight excluding hydrogens is 672 g/mol. The molecule has 0 fully saturated rings. The van der Waals surface area contributed by atoms with Gasteiger partial charge in [-0.15, -0.1) is 0 Å². The van der Waals surface area contributed by atoms with Gasteiger partial charge in [-0.2, -0.15) is 26.3 Å². The zero-order valence-electron chi connectivity index (χ0n) is 25.1. The predicted molar refractivity (Wildman–Crippen MR) is 154 cm³/mol. The molecule has 0 unspecified atom stereocenters. The van der Waals surface area contributed by atoms with Crippen LogP contribution in [0, 0.1) is 5.92 Å². The molecule has 0 aliphatic carbocycles. The number of esters is 2. The van der Waals surface area contributed by atoms with Crippen LogP contribution >= 0.6 is 0 Å². The molecule has 0 heterocycles. The highest BCUT2D eigenvalue weighted by atomic mass is 19.4. The smallest absolute Gasteiger partial charge is 0.416 e.